The summed E-state index contributed by atoms with van der Waals surface area (Å²) in [6.07, 6.45) is 7.54. The van der Waals surface area contributed by atoms with Gasteiger partial charge < -0.3 is 14.6 Å². The van der Waals surface area contributed by atoms with Crippen LogP contribution >= 0.6 is 0 Å². The second kappa shape index (κ2) is 6.09. The van der Waals surface area contributed by atoms with Crippen LogP contribution in [0, 0.1) is 0 Å². The number of aryl methyl sites for hydroxylation is 2. The molecule has 2 aromatic rings. The fraction of sp³-hybridized carbons (Fsp3) is 0.438. The zero-order valence-electron chi connectivity index (χ0n) is 11.9. The molecule has 1 aromatic carbocycles. The largest absolute Gasteiger partial charge is 0.497 e. The summed E-state index contributed by atoms with van der Waals surface area (Å²) in [7, 11) is 1.69. The zero-order chi connectivity index (χ0) is 13.8. The molecule has 0 bridgehead atoms. The minimum atomic E-state index is 0.736. The standard InChI is InChI=1S/C16H21N3O/c1-20-16-6-2-13(3-7-16)8-9-19-12-17-10-15(19)11-18-14-4-5-14/h2-3,6-7,10,12,14,18H,4-5,8-9,11H2,1H3. The van der Waals surface area contributed by atoms with E-state index >= 15 is 0 Å². The first-order valence-electron chi connectivity index (χ1n) is 7.20. The fourth-order valence-electron chi connectivity index (χ4n) is 2.27. The Balaban J connectivity index is 1.55. The number of ether oxygens (including phenoxy) is 1. The third kappa shape index (κ3) is 3.39. The SMILES string of the molecule is COc1ccc(CCn2cncc2CNC2CC2)cc1. The van der Waals surface area contributed by atoms with Crippen molar-refractivity contribution >= 4 is 0 Å². The van der Waals surface area contributed by atoms with Crippen molar-refractivity contribution in [2.45, 2.75) is 38.4 Å². The summed E-state index contributed by atoms with van der Waals surface area (Å²) in [5, 5.41) is 3.54. The average molecular weight is 271 g/mol. The van der Waals surface area contributed by atoms with Gasteiger partial charge in [0.05, 0.1) is 19.1 Å². The zero-order valence-corrected chi connectivity index (χ0v) is 11.9. The maximum atomic E-state index is 5.18. The molecule has 4 heteroatoms. The van der Waals surface area contributed by atoms with Gasteiger partial charge in [0.1, 0.15) is 5.75 Å². The Morgan fingerprint density at radius 3 is 2.80 bits per heavy atom. The van der Waals surface area contributed by atoms with Gasteiger partial charge in [-0.05, 0) is 37.0 Å². The van der Waals surface area contributed by atoms with Gasteiger partial charge >= 0.3 is 0 Å². The van der Waals surface area contributed by atoms with Crippen molar-refractivity contribution in [3.63, 3.8) is 0 Å². The molecule has 1 aliphatic rings. The lowest BCUT2D eigenvalue weighted by Gasteiger charge is -2.09. The predicted molar refractivity (Wildman–Crippen MR) is 78.8 cm³/mol. The molecule has 1 aromatic heterocycles. The highest BCUT2D eigenvalue weighted by Gasteiger charge is 2.20. The maximum Gasteiger partial charge on any atom is 0.118 e. The number of methoxy groups -OCH3 is 1. The summed E-state index contributed by atoms with van der Waals surface area (Å²) in [6, 6.07) is 9.01. The van der Waals surface area contributed by atoms with Crippen molar-refractivity contribution in [3.05, 3.63) is 48.0 Å². The van der Waals surface area contributed by atoms with Crippen molar-refractivity contribution in [2.75, 3.05) is 7.11 Å². The van der Waals surface area contributed by atoms with Crippen LogP contribution in [0.1, 0.15) is 24.1 Å². The molecule has 3 rings (SSSR count). The minimum Gasteiger partial charge on any atom is -0.497 e. The third-order valence-corrected chi connectivity index (χ3v) is 3.75. The van der Waals surface area contributed by atoms with Crippen LogP contribution < -0.4 is 10.1 Å². The number of aromatic nitrogens is 2. The van der Waals surface area contributed by atoms with Gasteiger partial charge in [0.25, 0.3) is 0 Å². The molecule has 0 radical (unpaired) electrons. The molecule has 0 atom stereocenters. The quantitative estimate of drug-likeness (QED) is 0.840. The molecule has 1 N–H and O–H groups in total. The highest BCUT2D eigenvalue weighted by molar-refractivity contribution is 5.27. The fourth-order valence-corrected chi connectivity index (χ4v) is 2.27. The summed E-state index contributed by atoms with van der Waals surface area (Å²) in [5.41, 5.74) is 2.59. The van der Waals surface area contributed by atoms with E-state index in [0.29, 0.717) is 0 Å². The molecular weight excluding hydrogens is 250 g/mol. The number of rotatable bonds is 7. The van der Waals surface area contributed by atoms with Crippen molar-refractivity contribution in [3.8, 4) is 5.75 Å². The monoisotopic (exact) mass is 271 g/mol. The Morgan fingerprint density at radius 2 is 2.10 bits per heavy atom. The summed E-state index contributed by atoms with van der Waals surface area (Å²) < 4.78 is 7.41. The van der Waals surface area contributed by atoms with Crippen LogP contribution in [-0.2, 0) is 19.5 Å². The minimum absolute atomic E-state index is 0.736. The van der Waals surface area contributed by atoms with Crippen LogP contribution in [0.4, 0.5) is 0 Å². The van der Waals surface area contributed by atoms with E-state index in [2.05, 4.69) is 27.0 Å². The van der Waals surface area contributed by atoms with E-state index in [9.17, 15) is 0 Å². The highest BCUT2D eigenvalue weighted by Crippen LogP contribution is 2.19. The molecule has 0 saturated heterocycles. The van der Waals surface area contributed by atoms with Gasteiger partial charge in [-0.3, -0.25) is 0 Å². The average Bonchev–Trinajstić information content (AvgIpc) is 3.22. The van der Waals surface area contributed by atoms with E-state index in [1.807, 2.05) is 24.7 Å². The lowest BCUT2D eigenvalue weighted by atomic mass is 10.1. The van der Waals surface area contributed by atoms with E-state index < -0.39 is 0 Å². The molecule has 0 aliphatic heterocycles. The van der Waals surface area contributed by atoms with Gasteiger partial charge in [-0.15, -0.1) is 0 Å². The van der Waals surface area contributed by atoms with Crippen molar-refractivity contribution in [2.24, 2.45) is 0 Å². The molecular formula is C16H21N3O. The Morgan fingerprint density at radius 1 is 1.30 bits per heavy atom. The van der Waals surface area contributed by atoms with Crippen LogP contribution in [0.15, 0.2) is 36.8 Å². The lowest BCUT2D eigenvalue weighted by molar-refractivity contribution is 0.414. The smallest absolute Gasteiger partial charge is 0.118 e. The Labute approximate surface area is 119 Å². The van der Waals surface area contributed by atoms with Gasteiger partial charge in [-0.25, -0.2) is 4.98 Å². The first kappa shape index (κ1) is 13.2. The molecule has 1 fully saturated rings. The first-order chi connectivity index (χ1) is 9.85. The third-order valence-electron chi connectivity index (χ3n) is 3.75. The molecule has 1 saturated carbocycles. The molecule has 0 spiro atoms. The van der Waals surface area contributed by atoms with Gasteiger partial charge in [-0.2, -0.15) is 0 Å². The van der Waals surface area contributed by atoms with Crippen molar-refractivity contribution in [1.29, 1.82) is 0 Å². The molecule has 20 heavy (non-hydrogen) atoms. The number of nitrogens with one attached hydrogen (secondary N) is 1. The number of imidazole rings is 1. The second-order valence-corrected chi connectivity index (χ2v) is 5.33. The number of hydrogen-bond acceptors (Lipinski definition) is 3. The van der Waals surface area contributed by atoms with Crippen LogP contribution in [0.2, 0.25) is 0 Å². The normalized spacial score (nSPS) is 14.4. The highest BCUT2D eigenvalue weighted by atomic mass is 16.5. The molecule has 4 nitrogen and oxygen atoms in total. The Bertz CT molecular complexity index is 543. The van der Waals surface area contributed by atoms with Crippen molar-refractivity contribution in [1.82, 2.24) is 14.9 Å². The summed E-state index contributed by atoms with van der Waals surface area (Å²) in [6.45, 7) is 1.89. The van der Waals surface area contributed by atoms with E-state index in [1.54, 1.807) is 7.11 Å². The number of benzene rings is 1. The predicted octanol–water partition coefficient (Wildman–Crippen LogP) is 2.39. The maximum absolute atomic E-state index is 5.18. The van der Waals surface area contributed by atoms with Crippen LogP contribution in [0.5, 0.6) is 5.75 Å². The van der Waals surface area contributed by atoms with Gasteiger partial charge in [0.2, 0.25) is 0 Å². The van der Waals surface area contributed by atoms with Gasteiger partial charge in [0.15, 0.2) is 0 Å². The van der Waals surface area contributed by atoms with Crippen LogP contribution in [0.25, 0.3) is 0 Å². The summed E-state index contributed by atoms with van der Waals surface area (Å²) in [4.78, 5) is 4.26. The van der Waals surface area contributed by atoms with E-state index in [-0.39, 0.29) is 0 Å². The molecule has 1 heterocycles. The molecule has 0 amide bonds. The van der Waals surface area contributed by atoms with Crippen molar-refractivity contribution < 1.29 is 4.74 Å². The number of nitrogens with zero attached hydrogens (tertiary/aromatic N) is 2. The second-order valence-electron chi connectivity index (χ2n) is 5.33. The van der Waals surface area contributed by atoms with Crippen LogP contribution in [-0.4, -0.2) is 22.7 Å². The summed E-state index contributed by atoms with van der Waals surface area (Å²) >= 11 is 0. The lowest BCUT2D eigenvalue weighted by Crippen LogP contribution is -2.18. The van der Waals surface area contributed by atoms with E-state index in [1.165, 1.54) is 24.1 Å². The molecule has 106 valence electrons. The Hall–Kier alpha value is -1.81. The van der Waals surface area contributed by atoms with Gasteiger partial charge in [-0.1, -0.05) is 12.1 Å². The van der Waals surface area contributed by atoms with E-state index in [0.717, 1.165) is 31.3 Å². The number of hydrogen-bond donors (Lipinski definition) is 1. The Kier molecular flexibility index (Phi) is 4.02. The van der Waals surface area contributed by atoms with Gasteiger partial charge in [0, 0.05) is 25.3 Å². The summed E-state index contributed by atoms with van der Waals surface area (Å²) in [5.74, 6) is 0.908. The molecule has 1 aliphatic carbocycles. The van der Waals surface area contributed by atoms with Crippen LogP contribution in [0.3, 0.4) is 0 Å². The topological polar surface area (TPSA) is 39.1 Å². The van der Waals surface area contributed by atoms with E-state index in [4.69, 9.17) is 4.74 Å². The molecule has 0 unspecified atom stereocenters. The first-order valence-corrected chi connectivity index (χ1v) is 7.20.